The van der Waals surface area contributed by atoms with Crippen LogP contribution in [0.2, 0.25) is 10.0 Å². The van der Waals surface area contributed by atoms with Crippen molar-refractivity contribution in [2.24, 2.45) is 0 Å². The fourth-order valence-electron chi connectivity index (χ4n) is 1.06. The Bertz CT molecular complexity index is 400. The minimum absolute atomic E-state index is 0.0468. The van der Waals surface area contributed by atoms with Crippen LogP contribution in [0.15, 0.2) is 12.1 Å². The minimum Gasteiger partial charge on any atom is -0.0827 e. The molecular formula is C8H2Cl8. The number of alkyl halides is 6. The lowest BCUT2D eigenvalue weighted by atomic mass is 10.1. The standard InChI is InChI=1S/C8H2Cl8/c9-4-2-1-3(7(11,12)13)5(6(4)10)8(14,15)16/h1-2H. The fourth-order valence-corrected chi connectivity index (χ4v) is 2.73. The number of halogens is 8. The van der Waals surface area contributed by atoms with Crippen LogP contribution in [0, 0.1) is 0 Å². The molecule has 0 N–H and O–H groups in total. The van der Waals surface area contributed by atoms with Gasteiger partial charge in [-0.25, -0.2) is 0 Å². The van der Waals surface area contributed by atoms with E-state index in [0.717, 1.165) is 0 Å². The maximum atomic E-state index is 5.93. The first-order valence-electron chi connectivity index (χ1n) is 3.67. The number of rotatable bonds is 0. The van der Waals surface area contributed by atoms with E-state index in [-0.39, 0.29) is 21.2 Å². The first-order chi connectivity index (χ1) is 7.05. The van der Waals surface area contributed by atoms with Crippen molar-refractivity contribution in [3.8, 4) is 0 Å². The van der Waals surface area contributed by atoms with Gasteiger partial charge in [0.25, 0.3) is 0 Å². The summed E-state index contributed by atoms with van der Waals surface area (Å²) in [5, 5.41) is 0.256. The highest BCUT2D eigenvalue weighted by atomic mass is 35.6. The van der Waals surface area contributed by atoms with Crippen LogP contribution in [-0.4, -0.2) is 0 Å². The van der Waals surface area contributed by atoms with Crippen LogP contribution in [0.4, 0.5) is 0 Å². The van der Waals surface area contributed by atoms with E-state index in [9.17, 15) is 0 Å². The van der Waals surface area contributed by atoms with Gasteiger partial charge in [-0.2, -0.15) is 0 Å². The van der Waals surface area contributed by atoms with Gasteiger partial charge in [0.1, 0.15) is 0 Å². The van der Waals surface area contributed by atoms with Crippen LogP contribution in [0.25, 0.3) is 0 Å². The van der Waals surface area contributed by atoms with Crippen LogP contribution in [0.3, 0.4) is 0 Å². The van der Waals surface area contributed by atoms with Gasteiger partial charge in [-0.15, -0.1) is 0 Å². The molecule has 0 heterocycles. The second-order valence-electron chi connectivity index (χ2n) is 2.78. The average molecular weight is 382 g/mol. The van der Waals surface area contributed by atoms with Gasteiger partial charge in [0.2, 0.25) is 7.59 Å². The van der Waals surface area contributed by atoms with E-state index >= 15 is 0 Å². The van der Waals surface area contributed by atoms with Crippen LogP contribution >= 0.6 is 92.8 Å². The molecule has 0 aliphatic heterocycles. The third kappa shape index (κ3) is 3.52. The molecule has 0 saturated carbocycles. The van der Waals surface area contributed by atoms with Crippen LogP contribution in [-0.2, 0) is 7.59 Å². The predicted molar refractivity (Wildman–Crippen MR) is 74.9 cm³/mol. The van der Waals surface area contributed by atoms with Crippen molar-refractivity contribution in [1.29, 1.82) is 0 Å². The Morgan fingerprint density at radius 1 is 0.750 bits per heavy atom. The third-order valence-corrected chi connectivity index (χ3v) is 3.67. The summed E-state index contributed by atoms with van der Waals surface area (Å²) in [6.07, 6.45) is 0. The smallest absolute Gasteiger partial charge is 0.0827 e. The largest absolute Gasteiger partial charge is 0.217 e. The number of hydrogen-bond acceptors (Lipinski definition) is 0. The summed E-state index contributed by atoms with van der Waals surface area (Å²) in [5.74, 6) is 0. The van der Waals surface area contributed by atoms with Gasteiger partial charge >= 0.3 is 0 Å². The van der Waals surface area contributed by atoms with Crippen molar-refractivity contribution in [1.82, 2.24) is 0 Å². The molecule has 0 amide bonds. The van der Waals surface area contributed by atoms with Crippen molar-refractivity contribution in [3.05, 3.63) is 33.3 Å². The zero-order valence-corrected chi connectivity index (χ0v) is 13.2. The predicted octanol–water partition coefficient (Wildman–Crippen LogP) is 6.65. The van der Waals surface area contributed by atoms with E-state index in [4.69, 9.17) is 92.8 Å². The minimum atomic E-state index is -1.83. The molecule has 1 aromatic carbocycles. The van der Waals surface area contributed by atoms with Crippen molar-refractivity contribution in [2.45, 2.75) is 7.59 Å². The maximum Gasteiger partial charge on any atom is 0.217 e. The first-order valence-corrected chi connectivity index (χ1v) is 6.70. The molecule has 0 aromatic heterocycles. The monoisotopic (exact) mass is 378 g/mol. The molecule has 0 aliphatic carbocycles. The Kier molecular flexibility index (Phi) is 5.13. The summed E-state index contributed by atoms with van der Waals surface area (Å²) in [7, 11) is 0. The Morgan fingerprint density at radius 3 is 1.62 bits per heavy atom. The zero-order chi connectivity index (χ0) is 12.7. The van der Waals surface area contributed by atoms with Crippen LogP contribution in [0.5, 0.6) is 0 Å². The highest BCUT2D eigenvalue weighted by molar-refractivity contribution is 6.69. The van der Waals surface area contributed by atoms with E-state index in [1.165, 1.54) is 12.1 Å². The summed E-state index contributed by atoms with van der Waals surface area (Å²) < 4.78 is -3.59. The van der Waals surface area contributed by atoms with Crippen LogP contribution in [0.1, 0.15) is 11.1 Å². The van der Waals surface area contributed by atoms with Gasteiger partial charge in [0, 0.05) is 11.1 Å². The van der Waals surface area contributed by atoms with E-state index < -0.39 is 7.59 Å². The molecule has 0 saturated heterocycles. The molecule has 0 atom stereocenters. The Morgan fingerprint density at radius 2 is 1.25 bits per heavy atom. The van der Waals surface area contributed by atoms with Gasteiger partial charge in [0.05, 0.1) is 10.0 Å². The molecule has 1 aromatic rings. The Hall–Kier alpha value is 1.54. The lowest BCUT2D eigenvalue weighted by Crippen LogP contribution is -2.12. The Labute approximate surface area is 133 Å². The lowest BCUT2D eigenvalue weighted by molar-refractivity contribution is 1.11. The van der Waals surface area contributed by atoms with E-state index in [2.05, 4.69) is 0 Å². The molecular weight excluding hydrogens is 380 g/mol. The molecule has 0 radical (unpaired) electrons. The van der Waals surface area contributed by atoms with Crippen molar-refractivity contribution in [3.63, 3.8) is 0 Å². The van der Waals surface area contributed by atoms with Crippen molar-refractivity contribution in [2.75, 3.05) is 0 Å². The number of hydrogen-bond donors (Lipinski definition) is 0. The highest BCUT2D eigenvalue weighted by Crippen LogP contribution is 2.51. The molecule has 8 heteroatoms. The molecule has 0 fully saturated rings. The molecule has 0 nitrogen and oxygen atoms in total. The summed E-state index contributed by atoms with van der Waals surface area (Å²) in [6.45, 7) is 0. The van der Waals surface area contributed by atoms with Gasteiger partial charge in [-0.05, 0) is 6.07 Å². The summed E-state index contributed by atoms with van der Waals surface area (Å²) >= 11 is 46.3. The molecule has 90 valence electrons. The Balaban J connectivity index is 3.59. The van der Waals surface area contributed by atoms with E-state index in [1.54, 1.807) is 0 Å². The van der Waals surface area contributed by atoms with E-state index in [0.29, 0.717) is 0 Å². The molecule has 0 bridgehead atoms. The maximum absolute atomic E-state index is 5.93. The second-order valence-corrected chi connectivity index (χ2v) is 8.13. The normalized spacial score (nSPS) is 13.0. The highest BCUT2D eigenvalue weighted by Gasteiger charge is 2.37. The molecule has 16 heavy (non-hydrogen) atoms. The van der Waals surface area contributed by atoms with Gasteiger partial charge < -0.3 is 0 Å². The van der Waals surface area contributed by atoms with Gasteiger partial charge in [0.15, 0.2) is 0 Å². The lowest BCUT2D eigenvalue weighted by Gasteiger charge is -2.22. The first kappa shape index (κ1) is 15.6. The van der Waals surface area contributed by atoms with Crippen molar-refractivity contribution < 1.29 is 0 Å². The zero-order valence-electron chi connectivity index (χ0n) is 7.18. The average Bonchev–Trinajstić information content (AvgIpc) is 2.05. The fraction of sp³-hybridized carbons (Fsp3) is 0.250. The topological polar surface area (TPSA) is 0 Å². The summed E-state index contributed by atoms with van der Waals surface area (Å²) in [4.78, 5) is 0. The van der Waals surface area contributed by atoms with Gasteiger partial charge in [-0.3, -0.25) is 0 Å². The van der Waals surface area contributed by atoms with Gasteiger partial charge in [-0.1, -0.05) is 98.9 Å². The SMILES string of the molecule is Clc1ccc(C(Cl)(Cl)Cl)c(C(Cl)(Cl)Cl)c1Cl. The van der Waals surface area contributed by atoms with Crippen molar-refractivity contribution >= 4 is 92.8 Å². The van der Waals surface area contributed by atoms with Crippen LogP contribution < -0.4 is 0 Å². The molecule has 0 aliphatic rings. The number of benzene rings is 1. The quantitative estimate of drug-likeness (QED) is 0.441. The third-order valence-electron chi connectivity index (χ3n) is 1.68. The summed E-state index contributed by atoms with van der Waals surface area (Å²) in [5.41, 5.74) is 0.235. The van der Waals surface area contributed by atoms with E-state index in [1.807, 2.05) is 0 Å². The summed E-state index contributed by atoms with van der Waals surface area (Å²) in [6, 6.07) is 2.90. The molecule has 0 unspecified atom stereocenters. The second kappa shape index (κ2) is 5.27. The molecule has 1 rings (SSSR count). The molecule has 0 spiro atoms.